The lowest BCUT2D eigenvalue weighted by Crippen LogP contribution is -2.27. The van der Waals surface area contributed by atoms with E-state index in [2.05, 4.69) is 15.2 Å². The summed E-state index contributed by atoms with van der Waals surface area (Å²) in [5.41, 5.74) is 3.53. The molecule has 0 aliphatic rings. The maximum absolute atomic E-state index is 13.4. The van der Waals surface area contributed by atoms with Crippen molar-refractivity contribution >= 4 is 5.91 Å². The highest BCUT2D eigenvalue weighted by Crippen LogP contribution is 2.21. The van der Waals surface area contributed by atoms with Crippen LogP contribution >= 0.6 is 0 Å². The average Bonchev–Trinajstić information content (AvgIpc) is 3.53. The van der Waals surface area contributed by atoms with Crippen molar-refractivity contribution in [2.75, 3.05) is 13.6 Å². The van der Waals surface area contributed by atoms with E-state index in [1.807, 2.05) is 49.5 Å². The van der Waals surface area contributed by atoms with Gasteiger partial charge >= 0.3 is 0 Å². The molecule has 0 fully saturated rings. The Hall–Kier alpha value is -3.74. The van der Waals surface area contributed by atoms with E-state index >= 15 is 0 Å². The van der Waals surface area contributed by atoms with Gasteiger partial charge in [0.2, 0.25) is 5.91 Å². The first-order chi connectivity index (χ1) is 16.6. The number of aryl methyl sites for hydroxylation is 2. The first-order valence-corrected chi connectivity index (χ1v) is 11.6. The Morgan fingerprint density at radius 1 is 1.00 bits per heavy atom. The average molecular weight is 461 g/mol. The summed E-state index contributed by atoms with van der Waals surface area (Å²) in [5, 5.41) is 7.32. The molecular formula is C27H29FN4O2. The van der Waals surface area contributed by atoms with Crippen LogP contribution in [-0.2, 0) is 17.6 Å². The van der Waals surface area contributed by atoms with Gasteiger partial charge in [-0.15, -0.1) is 0 Å². The zero-order valence-electron chi connectivity index (χ0n) is 19.3. The summed E-state index contributed by atoms with van der Waals surface area (Å²) in [4.78, 5) is 18.5. The Morgan fingerprint density at radius 3 is 2.65 bits per heavy atom. The molecule has 2 aromatic heterocycles. The van der Waals surface area contributed by atoms with Crippen molar-refractivity contribution in [3.05, 3.63) is 84.3 Å². The van der Waals surface area contributed by atoms with E-state index in [-0.39, 0.29) is 11.7 Å². The molecule has 0 aliphatic heterocycles. The van der Waals surface area contributed by atoms with Gasteiger partial charge in [0.05, 0.1) is 11.9 Å². The van der Waals surface area contributed by atoms with Gasteiger partial charge in [-0.25, -0.2) is 9.37 Å². The number of nitrogens with zero attached hydrogens (tertiary/aromatic N) is 3. The number of carbonyl (C=O) groups is 1. The molecule has 0 atom stereocenters. The number of amides is 1. The van der Waals surface area contributed by atoms with Crippen molar-refractivity contribution in [1.82, 2.24) is 20.1 Å². The van der Waals surface area contributed by atoms with E-state index in [0.717, 1.165) is 60.5 Å². The summed E-state index contributed by atoms with van der Waals surface area (Å²) in [5.74, 6) is 1.13. The van der Waals surface area contributed by atoms with Gasteiger partial charge in [-0.3, -0.25) is 9.89 Å². The van der Waals surface area contributed by atoms with Crippen molar-refractivity contribution in [3.8, 4) is 22.6 Å². The number of unbranched alkanes of at least 4 members (excludes halogenated alkanes) is 2. The lowest BCUT2D eigenvalue weighted by atomic mass is 10.1. The molecule has 0 saturated carbocycles. The van der Waals surface area contributed by atoms with Gasteiger partial charge < -0.3 is 9.32 Å². The fourth-order valence-electron chi connectivity index (χ4n) is 3.82. The van der Waals surface area contributed by atoms with Crippen LogP contribution in [0.2, 0.25) is 0 Å². The molecular weight excluding hydrogens is 431 g/mol. The van der Waals surface area contributed by atoms with Crippen molar-refractivity contribution in [3.63, 3.8) is 0 Å². The minimum absolute atomic E-state index is 0.0905. The third-order valence-electron chi connectivity index (χ3n) is 5.78. The van der Waals surface area contributed by atoms with Crippen molar-refractivity contribution < 1.29 is 13.6 Å². The van der Waals surface area contributed by atoms with Crippen molar-refractivity contribution in [2.45, 2.75) is 38.5 Å². The van der Waals surface area contributed by atoms with E-state index in [0.29, 0.717) is 18.7 Å². The molecule has 0 aliphatic carbocycles. The van der Waals surface area contributed by atoms with Crippen LogP contribution < -0.4 is 0 Å². The van der Waals surface area contributed by atoms with E-state index in [1.165, 1.54) is 12.1 Å². The standard InChI is InChI=1S/C27H29FN4O2/c1-32(27(33)15-14-26-29-19-25(34-26)20-9-4-2-5-10-20)16-7-3-6-13-23-18-24(31-30-23)21-11-8-12-22(28)17-21/h2,4-5,8-12,17-19H,3,6-7,13-16H2,1H3,(H,30,31). The van der Waals surface area contributed by atoms with Gasteiger partial charge in [0.25, 0.3) is 0 Å². The normalized spacial score (nSPS) is 11.0. The number of rotatable bonds is 11. The minimum atomic E-state index is -0.266. The van der Waals surface area contributed by atoms with Crippen LogP contribution in [0.3, 0.4) is 0 Å². The monoisotopic (exact) mass is 460 g/mol. The summed E-state index contributed by atoms with van der Waals surface area (Å²) >= 11 is 0. The zero-order chi connectivity index (χ0) is 23.8. The second-order valence-corrected chi connectivity index (χ2v) is 8.40. The summed E-state index contributed by atoms with van der Waals surface area (Å²) in [6.07, 6.45) is 6.38. The minimum Gasteiger partial charge on any atom is -0.441 e. The predicted octanol–water partition coefficient (Wildman–Crippen LogP) is 5.67. The zero-order valence-corrected chi connectivity index (χ0v) is 19.3. The topological polar surface area (TPSA) is 75.0 Å². The molecule has 7 heteroatoms. The van der Waals surface area contributed by atoms with Gasteiger partial charge in [0.15, 0.2) is 11.7 Å². The smallest absolute Gasteiger partial charge is 0.222 e. The van der Waals surface area contributed by atoms with Gasteiger partial charge in [0.1, 0.15) is 5.82 Å². The Balaban J connectivity index is 1.13. The van der Waals surface area contributed by atoms with Crippen molar-refractivity contribution in [1.29, 1.82) is 0 Å². The predicted molar refractivity (Wildman–Crippen MR) is 129 cm³/mol. The van der Waals surface area contributed by atoms with Crippen LogP contribution in [0.5, 0.6) is 0 Å². The number of hydrogen-bond donors (Lipinski definition) is 1. The lowest BCUT2D eigenvalue weighted by molar-refractivity contribution is -0.130. The lowest BCUT2D eigenvalue weighted by Gasteiger charge is -2.16. The van der Waals surface area contributed by atoms with Crippen LogP contribution in [0, 0.1) is 5.82 Å². The SMILES string of the molecule is CN(CCCCCc1cc(-c2cccc(F)c2)n[nH]1)C(=O)CCc1ncc(-c2ccccc2)o1. The number of benzene rings is 2. The Kier molecular flexibility index (Phi) is 7.86. The van der Waals surface area contributed by atoms with Crippen LogP contribution in [0.15, 0.2) is 71.3 Å². The highest BCUT2D eigenvalue weighted by Gasteiger charge is 2.12. The maximum atomic E-state index is 13.4. The number of aromatic nitrogens is 3. The number of aromatic amines is 1. The molecule has 34 heavy (non-hydrogen) atoms. The molecule has 176 valence electrons. The van der Waals surface area contributed by atoms with Crippen molar-refractivity contribution in [2.24, 2.45) is 0 Å². The molecule has 0 saturated heterocycles. The number of nitrogens with one attached hydrogen (secondary N) is 1. The van der Waals surface area contributed by atoms with Gasteiger partial charge in [0, 0.05) is 43.3 Å². The van der Waals surface area contributed by atoms with Crippen LogP contribution in [0.1, 0.15) is 37.3 Å². The molecule has 0 spiro atoms. The summed E-state index contributed by atoms with van der Waals surface area (Å²) in [6.45, 7) is 0.719. The van der Waals surface area contributed by atoms with E-state index < -0.39 is 0 Å². The first-order valence-electron chi connectivity index (χ1n) is 11.6. The van der Waals surface area contributed by atoms with Gasteiger partial charge in [-0.05, 0) is 37.5 Å². The van der Waals surface area contributed by atoms with Crippen LogP contribution in [0.4, 0.5) is 4.39 Å². The molecule has 2 heterocycles. The van der Waals surface area contributed by atoms with E-state index in [4.69, 9.17) is 4.42 Å². The quantitative estimate of drug-likeness (QED) is 0.293. The Bertz CT molecular complexity index is 1200. The van der Waals surface area contributed by atoms with E-state index in [9.17, 15) is 9.18 Å². The fraction of sp³-hybridized carbons (Fsp3) is 0.296. The molecule has 0 radical (unpaired) electrons. The molecule has 4 rings (SSSR count). The first kappa shape index (κ1) is 23.4. The number of H-pyrrole nitrogens is 1. The second-order valence-electron chi connectivity index (χ2n) is 8.40. The molecule has 0 bridgehead atoms. The summed E-state index contributed by atoms with van der Waals surface area (Å²) in [7, 11) is 1.84. The number of carbonyl (C=O) groups excluding carboxylic acids is 1. The number of oxazole rings is 1. The van der Waals surface area contributed by atoms with E-state index in [1.54, 1.807) is 17.2 Å². The summed E-state index contributed by atoms with van der Waals surface area (Å²) in [6, 6.07) is 18.2. The molecule has 6 nitrogen and oxygen atoms in total. The Labute approximate surface area is 198 Å². The third-order valence-corrected chi connectivity index (χ3v) is 5.78. The van der Waals surface area contributed by atoms with Gasteiger partial charge in [-0.2, -0.15) is 5.10 Å². The Morgan fingerprint density at radius 2 is 1.82 bits per heavy atom. The highest BCUT2D eigenvalue weighted by atomic mass is 19.1. The third kappa shape index (κ3) is 6.41. The molecule has 0 unspecified atom stereocenters. The van der Waals surface area contributed by atoms with Crippen LogP contribution in [-0.4, -0.2) is 39.6 Å². The second kappa shape index (κ2) is 11.4. The fourth-order valence-corrected chi connectivity index (χ4v) is 3.82. The van der Waals surface area contributed by atoms with Gasteiger partial charge in [-0.1, -0.05) is 48.9 Å². The molecule has 1 amide bonds. The molecule has 4 aromatic rings. The number of hydrogen-bond acceptors (Lipinski definition) is 4. The maximum Gasteiger partial charge on any atom is 0.222 e. The molecule has 2 aromatic carbocycles. The largest absolute Gasteiger partial charge is 0.441 e. The number of halogens is 1. The highest BCUT2D eigenvalue weighted by molar-refractivity contribution is 5.76. The molecule has 1 N–H and O–H groups in total. The van der Waals surface area contributed by atoms with Crippen LogP contribution in [0.25, 0.3) is 22.6 Å². The summed E-state index contributed by atoms with van der Waals surface area (Å²) < 4.78 is 19.2.